The fourth-order valence-electron chi connectivity index (χ4n) is 3.87. The van der Waals surface area contributed by atoms with E-state index >= 15 is 0 Å². The van der Waals surface area contributed by atoms with Crippen LogP contribution in [0.2, 0.25) is 5.02 Å². The van der Waals surface area contributed by atoms with Crippen LogP contribution in [0.3, 0.4) is 0 Å². The van der Waals surface area contributed by atoms with Gasteiger partial charge in [0.2, 0.25) is 5.78 Å². The van der Waals surface area contributed by atoms with Gasteiger partial charge >= 0.3 is 0 Å². The molecule has 2 aromatic carbocycles. The number of benzene rings is 2. The zero-order chi connectivity index (χ0) is 22.0. The molecule has 1 N–H and O–H groups in total. The normalized spacial score (nSPS) is 14.8. The molecule has 0 radical (unpaired) electrons. The molecule has 0 aliphatic carbocycles. The number of rotatable bonds is 7. The minimum absolute atomic E-state index is 0.0295. The Balaban J connectivity index is 1.97. The van der Waals surface area contributed by atoms with Crippen LogP contribution in [0.15, 0.2) is 36.1 Å². The van der Waals surface area contributed by atoms with Gasteiger partial charge in [-0.1, -0.05) is 57.2 Å². The number of halogens is 2. The third-order valence-electron chi connectivity index (χ3n) is 4.99. The lowest BCUT2D eigenvalue weighted by Crippen LogP contribution is -3.11. The van der Waals surface area contributed by atoms with Crippen molar-refractivity contribution in [2.75, 3.05) is 13.1 Å². The van der Waals surface area contributed by atoms with Crippen LogP contribution in [0.1, 0.15) is 49.2 Å². The Morgan fingerprint density at radius 2 is 1.80 bits per heavy atom. The van der Waals surface area contributed by atoms with Crippen LogP contribution in [-0.4, -0.2) is 18.9 Å². The molecule has 1 heterocycles. The first-order valence-electron chi connectivity index (χ1n) is 10.2. The summed E-state index contributed by atoms with van der Waals surface area (Å²) < 4.78 is 20.0. The molecule has 0 saturated heterocycles. The predicted molar refractivity (Wildman–Crippen MR) is 114 cm³/mol. The number of Topliss-reactive ketones (excluding diaryl/α,β-unsaturated/α-hetero) is 1. The molecule has 0 amide bonds. The maximum Gasteiger partial charge on any atom is 0.231 e. The highest BCUT2D eigenvalue weighted by atomic mass is 35.5. The Morgan fingerprint density at radius 3 is 2.40 bits per heavy atom. The van der Waals surface area contributed by atoms with E-state index in [1.54, 1.807) is 6.07 Å². The minimum atomic E-state index is -0.545. The molecule has 1 aliphatic rings. The van der Waals surface area contributed by atoms with E-state index in [-0.39, 0.29) is 33.6 Å². The van der Waals surface area contributed by atoms with Gasteiger partial charge in [-0.3, -0.25) is 4.79 Å². The summed E-state index contributed by atoms with van der Waals surface area (Å²) in [5.74, 6) is 0.112. The Labute approximate surface area is 181 Å². The third kappa shape index (κ3) is 4.85. The number of allylic oxidation sites excluding steroid dienone is 1. The summed E-state index contributed by atoms with van der Waals surface area (Å²) >= 11 is 6.08. The zero-order valence-electron chi connectivity index (χ0n) is 17.7. The Morgan fingerprint density at radius 1 is 1.13 bits per heavy atom. The van der Waals surface area contributed by atoms with E-state index in [2.05, 4.69) is 27.7 Å². The van der Waals surface area contributed by atoms with Crippen molar-refractivity contribution in [3.05, 3.63) is 63.6 Å². The van der Waals surface area contributed by atoms with Gasteiger partial charge in [0.1, 0.15) is 18.1 Å². The number of quaternary nitrogens is 1. The number of carbonyl (C=O) groups excluding carboxylic acids is 1. The number of carbonyl (C=O) groups is 1. The molecule has 0 bridgehead atoms. The van der Waals surface area contributed by atoms with Gasteiger partial charge in [-0.25, -0.2) is 4.39 Å². The SMILES string of the molecule is CC(C)C[NH+](Cc1c([O-])ccc2c1OC(=Cc1c(F)cccc1Cl)C2=O)CC(C)C. The van der Waals surface area contributed by atoms with E-state index in [1.165, 1.54) is 35.2 Å². The maximum absolute atomic E-state index is 14.2. The highest BCUT2D eigenvalue weighted by Gasteiger charge is 2.31. The second-order valence-corrected chi connectivity index (χ2v) is 9.02. The summed E-state index contributed by atoms with van der Waals surface area (Å²) in [6, 6.07) is 7.21. The van der Waals surface area contributed by atoms with E-state index in [0.717, 1.165) is 13.1 Å². The van der Waals surface area contributed by atoms with Gasteiger partial charge in [-0.05, 0) is 24.3 Å². The van der Waals surface area contributed by atoms with Crippen LogP contribution in [-0.2, 0) is 6.54 Å². The maximum atomic E-state index is 14.2. The Kier molecular flexibility index (Phi) is 6.84. The smallest absolute Gasteiger partial charge is 0.231 e. The summed E-state index contributed by atoms with van der Waals surface area (Å²) in [5, 5.41) is 12.8. The van der Waals surface area contributed by atoms with Gasteiger partial charge in [0, 0.05) is 23.0 Å². The summed E-state index contributed by atoms with van der Waals surface area (Å²) in [7, 11) is 0. The van der Waals surface area contributed by atoms with Crippen molar-refractivity contribution in [2.45, 2.75) is 34.2 Å². The molecular formula is C24H27ClFNO3. The lowest BCUT2D eigenvalue weighted by Gasteiger charge is -2.26. The van der Waals surface area contributed by atoms with E-state index in [0.29, 0.717) is 29.5 Å². The van der Waals surface area contributed by atoms with Crippen molar-refractivity contribution in [1.29, 1.82) is 0 Å². The average Bonchev–Trinajstić information content (AvgIpc) is 2.95. The molecular weight excluding hydrogens is 405 g/mol. The zero-order valence-corrected chi connectivity index (χ0v) is 18.5. The highest BCUT2D eigenvalue weighted by Crippen LogP contribution is 2.38. The first kappa shape index (κ1) is 22.3. The number of fused-ring (bicyclic) bond motifs is 1. The molecule has 1 aliphatic heterocycles. The topological polar surface area (TPSA) is 53.8 Å². The summed E-state index contributed by atoms with van der Waals surface area (Å²) in [6.45, 7) is 10.9. The molecule has 0 spiro atoms. The fourth-order valence-corrected chi connectivity index (χ4v) is 4.09. The Hall–Kier alpha value is -2.37. The number of nitrogens with one attached hydrogen (secondary N) is 1. The minimum Gasteiger partial charge on any atom is -0.872 e. The molecule has 6 heteroatoms. The van der Waals surface area contributed by atoms with Crippen molar-refractivity contribution in [3.8, 4) is 11.5 Å². The number of ether oxygens (including phenoxy) is 1. The van der Waals surface area contributed by atoms with Gasteiger partial charge in [0.15, 0.2) is 5.76 Å². The van der Waals surface area contributed by atoms with E-state index in [4.69, 9.17) is 16.3 Å². The molecule has 0 unspecified atom stereocenters. The first-order chi connectivity index (χ1) is 14.2. The van der Waals surface area contributed by atoms with Gasteiger partial charge in [-0.2, -0.15) is 0 Å². The average molecular weight is 432 g/mol. The predicted octanol–water partition coefficient (Wildman–Crippen LogP) is 3.87. The second-order valence-electron chi connectivity index (χ2n) is 8.62. The second kappa shape index (κ2) is 9.19. The largest absolute Gasteiger partial charge is 0.872 e. The van der Waals surface area contributed by atoms with Crippen LogP contribution in [0.4, 0.5) is 4.39 Å². The molecule has 4 nitrogen and oxygen atoms in total. The van der Waals surface area contributed by atoms with Gasteiger partial charge in [0.25, 0.3) is 0 Å². The van der Waals surface area contributed by atoms with Crippen LogP contribution in [0.5, 0.6) is 11.5 Å². The molecule has 3 rings (SSSR count). The molecule has 30 heavy (non-hydrogen) atoms. The Bertz CT molecular complexity index is 954. The molecule has 0 aromatic heterocycles. The summed E-state index contributed by atoms with van der Waals surface area (Å²) in [6.07, 6.45) is 1.31. The van der Waals surface area contributed by atoms with Gasteiger partial charge in [-0.15, -0.1) is 0 Å². The monoisotopic (exact) mass is 431 g/mol. The molecule has 160 valence electrons. The lowest BCUT2D eigenvalue weighted by atomic mass is 10.0. The number of hydrogen-bond donors (Lipinski definition) is 1. The molecule has 0 fully saturated rings. The van der Waals surface area contributed by atoms with Crippen molar-refractivity contribution in [2.24, 2.45) is 11.8 Å². The third-order valence-corrected chi connectivity index (χ3v) is 5.32. The van der Waals surface area contributed by atoms with E-state index in [1.807, 2.05) is 0 Å². The summed E-state index contributed by atoms with van der Waals surface area (Å²) in [4.78, 5) is 14.1. The van der Waals surface area contributed by atoms with E-state index in [9.17, 15) is 14.3 Å². The van der Waals surface area contributed by atoms with Gasteiger partial charge < -0.3 is 14.7 Å². The van der Waals surface area contributed by atoms with Crippen molar-refractivity contribution < 1.29 is 23.9 Å². The number of hydrogen-bond acceptors (Lipinski definition) is 3. The first-order valence-corrected chi connectivity index (χ1v) is 10.6. The highest BCUT2D eigenvalue weighted by molar-refractivity contribution is 6.32. The van der Waals surface area contributed by atoms with Crippen LogP contribution >= 0.6 is 11.6 Å². The van der Waals surface area contributed by atoms with E-state index < -0.39 is 5.82 Å². The molecule has 2 aromatic rings. The fraction of sp³-hybridized carbons (Fsp3) is 0.375. The number of ketones is 1. The van der Waals surface area contributed by atoms with Crippen molar-refractivity contribution >= 4 is 23.5 Å². The van der Waals surface area contributed by atoms with Crippen molar-refractivity contribution in [1.82, 2.24) is 0 Å². The molecule has 0 atom stereocenters. The lowest BCUT2D eigenvalue weighted by molar-refractivity contribution is -0.919. The summed E-state index contributed by atoms with van der Waals surface area (Å²) in [5.41, 5.74) is 0.906. The van der Waals surface area contributed by atoms with Crippen molar-refractivity contribution in [3.63, 3.8) is 0 Å². The molecule has 0 saturated carbocycles. The quantitative estimate of drug-likeness (QED) is 0.677. The standard InChI is InChI=1S/C24H27ClFNO3/c1-14(2)11-27(12-15(3)4)13-18-21(28)9-8-16-23(29)22(30-24(16)18)10-17-19(25)6-5-7-20(17)26/h5-10,14-15,28H,11-13H2,1-4H3. The van der Waals surface area contributed by atoms with Crippen LogP contribution < -0.4 is 14.7 Å². The van der Waals surface area contributed by atoms with Gasteiger partial charge in [0.05, 0.1) is 23.7 Å². The van der Waals surface area contributed by atoms with Crippen LogP contribution in [0.25, 0.3) is 6.08 Å². The van der Waals surface area contributed by atoms with Crippen LogP contribution in [0, 0.1) is 17.7 Å².